The van der Waals surface area contributed by atoms with Crippen LogP contribution in [0.4, 0.5) is 18.9 Å². The Kier molecular flexibility index (Phi) is 9.29. The number of halogens is 4. The summed E-state index contributed by atoms with van der Waals surface area (Å²) < 4.78 is 50.7. The molecule has 3 N–H and O–H groups in total. The molecule has 1 aliphatic rings. The van der Waals surface area contributed by atoms with Gasteiger partial charge in [0.05, 0.1) is 23.6 Å². The second-order valence-electron chi connectivity index (χ2n) is 9.78. The summed E-state index contributed by atoms with van der Waals surface area (Å²) in [5, 5.41) is 19.0. The van der Waals surface area contributed by atoms with Gasteiger partial charge in [-0.2, -0.15) is 5.10 Å². The number of amides is 1. The first-order valence-corrected chi connectivity index (χ1v) is 12.2. The maximum Gasteiger partial charge on any atom is 0.320 e. The molecule has 0 spiro atoms. The van der Waals surface area contributed by atoms with Crippen molar-refractivity contribution in [2.24, 2.45) is 5.92 Å². The van der Waals surface area contributed by atoms with E-state index in [1.54, 1.807) is 25.1 Å². The number of fused-ring (bicyclic) bond motifs is 1. The summed E-state index contributed by atoms with van der Waals surface area (Å²) in [6.07, 6.45) is 0.204. The lowest BCUT2D eigenvalue weighted by Gasteiger charge is -2.23. The highest BCUT2D eigenvalue weighted by atomic mass is 35.5. The highest BCUT2D eigenvalue weighted by Gasteiger charge is 2.34. The fourth-order valence-electron chi connectivity index (χ4n) is 4.47. The molecule has 3 aromatic rings. The number of ether oxygens (including phenoxy) is 1. The number of nitrogens with zero attached hydrogens (tertiary/aromatic N) is 2. The number of nitrogens with one attached hydrogen (secondary N) is 2. The van der Waals surface area contributed by atoms with E-state index in [1.165, 1.54) is 24.3 Å². The van der Waals surface area contributed by atoms with Crippen LogP contribution in [0.5, 0.6) is 5.75 Å². The number of anilines is 1. The van der Waals surface area contributed by atoms with Crippen LogP contribution in [0.2, 0.25) is 0 Å². The number of hydrogen-bond donors (Lipinski definition) is 3. The van der Waals surface area contributed by atoms with Gasteiger partial charge in [0.1, 0.15) is 24.2 Å². The standard InChI is InChI=1S/C27H29F3N4O4.ClH/c1-15(2)10-21(26(36)37)31-13-27(29,30)14-34-25(17-4-7-19(28)8-5-17)24(16(3)33-34)18-6-9-22-20(11-18)32-23(35)12-38-22;/h4-9,11,15,21,31H,10,12-14H2,1-3H3,(H,32,35)(H,36,37);1H/t21-;/m0./s1. The van der Waals surface area contributed by atoms with Gasteiger partial charge in [-0.05, 0) is 61.2 Å². The fourth-order valence-corrected chi connectivity index (χ4v) is 4.47. The molecular weight excluding hydrogens is 537 g/mol. The zero-order chi connectivity index (χ0) is 27.6. The lowest BCUT2D eigenvalue weighted by atomic mass is 9.98. The van der Waals surface area contributed by atoms with Crippen LogP contribution in [-0.4, -0.2) is 51.9 Å². The van der Waals surface area contributed by atoms with Crippen LogP contribution in [0.3, 0.4) is 0 Å². The van der Waals surface area contributed by atoms with E-state index in [9.17, 15) is 19.1 Å². The van der Waals surface area contributed by atoms with E-state index in [2.05, 4.69) is 15.7 Å². The summed E-state index contributed by atoms with van der Waals surface area (Å²) in [4.78, 5) is 23.3. The molecule has 0 fully saturated rings. The lowest BCUT2D eigenvalue weighted by Crippen LogP contribution is -2.45. The smallest absolute Gasteiger partial charge is 0.320 e. The Bertz CT molecular complexity index is 1350. The van der Waals surface area contributed by atoms with Crippen LogP contribution in [0.25, 0.3) is 22.4 Å². The molecule has 2 aromatic carbocycles. The number of aryl methyl sites for hydroxylation is 1. The van der Waals surface area contributed by atoms with E-state index < -0.39 is 36.8 Å². The number of aromatic nitrogens is 2. The van der Waals surface area contributed by atoms with Crippen molar-refractivity contribution in [1.29, 1.82) is 0 Å². The minimum atomic E-state index is -3.35. The third-order valence-corrected chi connectivity index (χ3v) is 6.14. The Hall–Kier alpha value is -3.57. The minimum absolute atomic E-state index is 0. The van der Waals surface area contributed by atoms with Crippen LogP contribution in [0, 0.1) is 18.7 Å². The number of carbonyl (C=O) groups is 2. The van der Waals surface area contributed by atoms with Crippen LogP contribution < -0.4 is 15.4 Å². The molecular formula is C27H30ClF3N4O4. The summed E-state index contributed by atoms with van der Waals surface area (Å²) in [5.41, 5.74) is 2.82. The van der Waals surface area contributed by atoms with Crippen molar-refractivity contribution < 1.29 is 32.6 Å². The van der Waals surface area contributed by atoms with Crippen LogP contribution >= 0.6 is 12.4 Å². The van der Waals surface area contributed by atoms with Crippen molar-refractivity contribution >= 4 is 30.0 Å². The average molecular weight is 567 g/mol. The zero-order valence-electron chi connectivity index (χ0n) is 21.6. The van der Waals surface area contributed by atoms with E-state index in [4.69, 9.17) is 4.74 Å². The van der Waals surface area contributed by atoms with Crippen molar-refractivity contribution in [2.45, 2.75) is 45.7 Å². The van der Waals surface area contributed by atoms with Gasteiger partial charge in [-0.15, -0.1) is 12.4 Å². The Morgan fingerprint density at radius 3 is 2.51 bits per heavy atom. The monoisotopic (exact) mass is 566 g/mol. The molecule has 1 amide bonds. The van der Waals surface area contributed by atoms with E-state index in [-0.39, 0.29) is 37.3 Å². The number of aliphatic carboxylic acids is 1. The average Bonchev–Trinajstić information content (AvgIpc) is 3.16. The molecule has 0 aliphatic carbocycles. The van der Waals surface area contributed by atoms with Gasteiger partial charge in [-0.25, -0.2) is 13.2 Å². The van der Waals surface area contributed by atoms with Crippen molar-refractivity contribution in [3.05, 3.63) is 54.0 Å². The zero-order valence-corrected chi connectivity index (χ0v) is 22.4. The number of carboxylic acids is 1. The molecule has 1 aromatic heterocycles. The molecule has 0 radical (unpaired) electrons. The summed E-state index contributed by atoms with van der Waals surface area (Å²) in [7, 11) is 0. The van der Waals surface area contributed by atoms with Crippen LogP contribution in [0.15, 0.2) is 42.5 Å². The number of carbonyl (C=O) groups excluding carboxylic acids is 1. The maximum absolute atomic E-state index is 15.2. The van der Waals surface area contributed by atoms with Crippen LogP contribution in [0.1, 0.15) is 26.0 Å². The summed E-state index contributed by atoms with van der Waals surface area (Å²) >= 11 is 0. The Balaban J connectivity index is 0.00000420. The highest BCUT2D eigenvalue weighted by Crippen LogP contribution is 2.39. The fraction of sp³-hybridized carbons (Fsp3) is 0.370. The molecule has 0 unspecified atom stereocenters. The van der Waals surface area contributed by atoms with Gasteiger partial charge < -0.3 is 15.2 Å². The number of rotatable bonds is 10. The second kappa shape index (κ2) is 12.1. The Morgan fingerprint density at radius 1 is 1.21 bits per heavy atom. The molecule has 8 nitrogen and oxygen atoms in total. The third kappa shape index (κ3) is 7.10. The van der Waals surface area contributed by atoms with Gasteiger partial charge in [0.15, 0.2) is 6.61 Å². The van der Waals surface area contributed by atoms with Gasteiger partial charge in [-0.1, -0.05) is 19.9 Å². The molecule has 1 atom stereocenters. The highest BCUT2D eigenvalue weighted by molar-refractivity contribution is 5.97. The number of benzene rings is 2. The van der Waals surface area contributed by atoms with Gasteiger partial charge in [-0.3, -0.25) is 19.6 Å². The molecule has 210 valence electrons. The van der Waals surface area contributed by atoms with Crippen molar-refractivity contribution in [2.75, 3.05) is 18.5 Å². The number of carboxylic acid groups (broad SMARTS) is 1. The molecule has 2 heterocycles. The van der Waals surface area contributed by atoms with Crippen molar-refractivity contribution in [3.8, 4) is 28.1 Å². The third-order valence-electron chi connectivity index (χ3n) is 6.14. The molecule has 39 heavy (non-hydrogen) atoms. The normalized spacial score (nSPS) is 13.8. The van der Waals surface area contributed by atoms with Crippen molar-refractivity contribution in [3.63, 3.8) is 0 Å². The Labute approximate surface area is 230 Å². The van der Waals surface area contributed by atoms with Crippen molar-refractivity contribution in [1.82, 2.24) is 15.1 Å². The van der Waals surface area contributed by atoms with Gasteiger partial charge in [0.25, 0.3) is 11.8 Å². The molecule has 0 saturated heterocycles. The first-order chi connectivity index (χ1) is 17.9. The van der Waals surface area contributed by atoms with E-state index in [1.807, 2.05) is 13.8 Å². The van der Waals surface area contributed by atoms with Gasteiger partial charge in [0, 0.05) is 11.1 Å². The van der Waals surface area contributed by atoms with Gasteiger partial charge >= 0.3 is 5.97 Å². The molecule has 0 saturated carbocycles. The predicted molar refractivity (Wildman–Crippen MR) is 143 cm³/mol. The summed E-state index contributed by atoms with van der Waals surface area (Å²) in [5.74, 6) is -4.86. The molecule has 0 bridgehead atoms. The SMILES string of the molecule is Cc1nn(CC(F)(F)CN[C@@H](CC(C)C)C(=O)O)c(-c2ccc(F)cc2)c1-c1ccc2c(c1)NC(=O)CO2.Cl. The molecule has 12 heteroatoms. The van der Waals surface area contributed by atoms with E-state index in [0.717, 1.165) is 4.68 Å². The molecule has 4 rings (SSSR count). The van der Waals surface area contributed by atoms with Crippen LogP contribution in [-0.2, 0) is 16.1 Å². The molecule has 1 aliphatic heterocycles. The topological polar surface area (TPSA) is 105 Å². The lowest BCUT2D eigenvalue weighted by molar-refractivity contribution is -0.140. The van der Waals surface area contributed by atoms with E-state index in [0.29, 0.717) is 39.5 Å². The second-order valence-corrected chi connectivity index (χ2v) is 9.78. The maximum atomic E-state index is 15.2. The summed E-state index contributed by atoms with van der Waals surface area (Å²) in [6.45, 7) is 3.50. The first-order valence-electron chi connectivity index (χ1n) is 12.2. The van der Waals surface area contributed by atoms with Gasteiger partial charge in [0.2, 0.25) is 0 Å². The quantitative estimate of drug-likeness (QED) is 0.314. The van der Waals surface area contributed by atoms with E-state index >= 15 is 8.78 Å². The number of hydrogen-bond acceptors (Lipinski definition) is 5. The summed E-state index contributed by atoms with van der Waals surface area (Å²) in [6, 6.07) is 9.40. The minimum Gasteiger partial charge on any atom is -0.482 e. The number of alkyl halides is 2. The largest absolute Gasteiger partial charge is 0.482 e. The first kappa shape index (κ1) is 30.0. The predicted octanol–water partition coefficient (Wildman–Crippen LogP) is 5.14. The Morgan fingerprint density at radius 2 is 1.87 bits per heavy atom.